The predicted octanol–water partition coefficient (Wildman–Crippen LogP) is 1.48. The summed E-state index contributed by atoms with van der Waals surface area (Å²) in [6, 6.07) is -1.04. The van der Waals surface area contributed by atoms with Gasteiger partial charge in [0.25, 0.3) is 0 Å². The fraction of sp³-hybridized carbons (Fsp3) is 0.875. The van der Waals surface area contributed by atoms with Crippen molar-refractivity contribution in [3.05, 3.63) is 0 Å². The molecule has 2 aliphatic heterocycles. The molecular formula is C16H25F3N2O6. The van der Waals surface area contributed by atoms with Crippen molar-refractivity contribution in [3.63, 3.8) is 0 Å². The first-order valence-electron chi connectivity index (χ1n) is 8.50. The van der Waals surface area contributed by atoms with Gasteiger partial charge in [-0.3, -0.25) is 4.79 Å². The second kappa shape index (κ2) is 7.44. The number of rotatable bonds is 3. The molecule has 11 heteroatoms. The zero-order valence-electron chi connectivity index (χ0n) is 15.8. The molecule has 2 aliphatic rings. The first kappa shape index (κ1) is 21.7. The van der Waals surface area contributed by atoms with Crippen LogP contribution >= 0.6 is 0 Å². The highest BCUT2D eigenvalue weighted by Gasteiger charge is 2.53. The summed E-state index contributed by atoms with van der Waals surface area (Å²) in [4.78, 5) is 23.0. The van der Waals surface area contributed by atoms with Crippen molar-refractivity contribution in [1.29, 1.82) is 0 Å². The third-order valence-corrected chi connectivity index (χ3v) is 3.84. The van der Waals surface area contributed by atoms with Gasteiger partial charge in [0, 0.05) is 6.54 Å². The van der Waals surface area contributed by atoms with Gasteiger partial charge in [0.05, 0.1) is 12.6 Å². The maximum absolute atomic E-state index is 12.5. The molecule has 0 bridgehead atoms. The molecule has 156 valence electrons. The highest BCUT2D eigenvalue weighted by molar-refractivity contribution is 5.82. The molecule has 0 aliphatic carbocycles. The van der Waals surface area contributed by atoms with Gasteiger partial charge in [-0.1, -0.05) is 0 Å². The zero-order chi connectivity index (χ0) is 20.6. The number of alkyl halides is 3. The van der Waals surface area contributed by atoms with Gasteiger partial charge in [-0.2, -0.15) is 13.2 Å². The van der Waals surface area contributed by atoms with Crippen LogP contribution in [-0.2, 0) is 23.7 Å². The smallest absolute Gasteiger partial charge is 0.444 e. The zero-order valence-corrected chi connectivity index (χ0v) is 15.8. The van der Waals surface area contributed by atoms with E-state index in [2.05, 4.69) is 5.32 Å². The summed E-state index contributed by atoms with van der Waals surface area (Å²) in [6.45, 7) is 8.13. The van der Waals surface area contributed by atoms with Crippen LogP contribution in [0.15, 0.2) is 0 Å². The topological polar surface area (TPSA) is 95.1 Å². The number of fused-ring (bicyclic) bond motifs is 1. The van der Waals surface area contributed by atoms with Crippen LogP contribution in [0.2, 0.25) is 0 Å². The Bertz CT molecular complexity index is 575. The number of carbonyl (C=O) groups is 2. The molecule has 0 spiro atoms. The highest BCUT2D eigenvalue weighted by Crippen LogP contribution is 2.35. The van der Waals surface area contributed by atoms with Gasteiger partial charge in [0.2, 0.25) is 0 Å². The molecule has 0 aromatic carbocycles. The van der Waals surface area contributed by atoms with E-state index in [0.29, 0.717) is 0 Å². The Morgan fingerprint density at radius 3 is 2.30 bits per heavy atom. The van der Waals surface area contributed by atoms with Crippen LogP contribution in [0.1, 0.15) is 34.6 Å². The van der Waals surface area contributed by atoms with Crippen LogP contribution in [0.4, 0.5) is 18.0 Å². The van der Waals surface area contributed by atoms with E-state index in [4.69, 9.17) is 18.9 Å². The van der Waals surface area contributed by atoms with Crippen molar-refractivity contribution in [3.8, 4) is 0 Å². The molecule has 4 atom stereocenters. The normalized spacial score (nSPS) is 30.4. The van der Waals surface area contributed by atoms with Crippen LogP contribution < -0.4 is 10.6 Å². The van der Waals surface area contributed by atoms with E-state index < -0.39 is 53.9 Å². The van der Waals surface area contributed by atoms with Gasteiger partial charge in [-0.15, -0.1) is 0 Å². The summed E-state index contributed by atoms with van der Waals surface area (Å²) in [6.07, 6.45) is -7.98. The number of ether oxygens (including phenoxy) is 4. The molecule has 2 amide bonds. The maximum atomic E-state index is 12.5. The summed E-state index contributed by atoms with van der Waals surface area (Å²) in [5, 5.41) is 4.42. The van der Waals surface area contributed by atoms with Crippen molar-refractivity contribution in [2.45, 2.75) is 76.5 Å². The number of carbonyl (C=O) groups excluding carboxylic acids is 2. The van der Waals surface area contributed by atoms with Gasteiger partial charge in [-0.25, -0.2) is 4.79 Å². The lowest BCUT2D eigenvalue weighted by molar-refractivity contribution is -0.178. The molecule has 2 saturated heterocycles. The Morgan fingerprint density at radius 1 is 1.15 bits per heavy atom. The molecule has 2 N–H and O–H groups in total. The van der Waals surface area contributed by atoms with Crippen LogP contribution in [0.5, 0.6) is 0 Å². The van der Waals surface area contributed by atoms with Crippen LogP contribution in [0.25, 0.3) is 0 Å². The minimum Gasteiger partial charge on any atom is -0.444 e. The van der Waals surface area contributed by atoms with Crippen molar-refractivity contribution < 1.29 is 41.7 Å². The minimum absolute atomic E-state index is 0.00938. The quantitative estimate of drug-likeness (QED) is 0.748. The Morgan fingerprint density at radius 2 is 1.74 bits per heavy atom. The molecule has 2 heterocycles. The standard InChI is InChI=1S/C16H25F3N2O6/c1-14(2,3)27-13(23)20-6-9-11-10(25-15(4,5)26-11)8(7-24-9)21-12(22)16(17,18)19/h8-11H,6-7H2,1-5H3,(H,20,23)(H,21,22)/t8-,9+,10+,11-/m0/s1. The molecule has 8 nitrogen and oxygen atoms in total. The lowest BCUT2D eigenvalue weighted by Crippen LogP contribution is -2.61. The van der Waals surface area contributed by atoms with Crippen molar-refractivity contribution >= 4 is 12.0 Å². The van der Waals surface area contributed by atoms with E-state index in [1.54, 1.807) is 34.6 Å². The molecular weight excluding hydrogens is 373 g/mol. The number of hydrogen-bond acceptors (Lipinski definition) is 6. The van der Waals surface area contributed by atoms with Gasteiger partial charge in [-0.05, 0) is 34.6 Å². The van der Waals surface area contributed by atoms with Gasteiger partial charge in [0.1, 0.15) is 23.9 Å². The third-order valence-electron chi connectivity index (χ3n) is 3.84. The fourth-order valence-electron chi connectivity index (χ4n) is 2.88. The van der Waals surface area contributed by atoms with E-state index in [1.165, 1.54) is 0 Å². The highest BCUT2D eigenvalue weighted by atomic mass is 19.4. The predicted molar refractivity (Wildman–Crippen MR) is 85.8 cm³/mol. The Kier molecular flexibility index (Phi) is 5.98. The van der Waals surface area contributed by atoms with E-state index >= 15 is 0 Å². The Labute approximate surface area is 155 Å². The van der Waals surface area contributed by atoms with Crippen molar-refractivity contribution in [2.24, 2.45) is 0 Å². The van der Waals surface area contributed by atoms with Crippen LogP contribution in [-0.4, -0.2) is 67.1 Å². The second-order valence-electron chi connectivity index (χ2n) is 7.90. The summed E-state index contributed by atoms with van der Waals surface area (Å²) < 4.78 is 59.7. The van der Waals surface area contributed by atoms with E-state index in [1.807, 2.05) is 5.32 Å². The summed E-state index contributed by atoms with van der Waals surface area (Å²) in [7, 11) is 0. The Balaban J connectivity index is 2.01. The average molecular weight is 398 g/mol. The average Bonchev–Trinajstić information content (AvgIpc) is 2.79. The number of amides is 2. The Hall–Kier alpha value is -1.59. The van der Waals surface area contributed by atoms with Crippen LogP contribution in [0.3, 0.4) is 0 Å². The van der Waals surface area contributed by atoms with E-state index in [-0.39, 0.29) is 13.2 Å². The van der Waals surface area contributed by atoms with Gasteiger partial charge in [0.15, 0.2) is 5.79 Å². The number of nitrogens with one attached hydrogen (secondary N) is 2. The molecule has 0 saturated carbocycles. The van der Waals surface area contributed by atoms with Gasteiger partial charge >= 0.3 is 18.2 Å². The van der Waals surface area contributed by atoms with Gasteiger partial charge < -0.3 is 29.6 Å². The molecule has 2 fully saturated rings. The largest absolute Gasteiger partial charge is 0.471 e. The molecule has 0 radical (unpaired) electrons. The lowest BCUT2D eigenvalue weighted by atomic mass is 9.98. The van der Waals surface area contributed by atoms with E-state index in [0.717, 1.165) is 0 Å². The fourth-order valence-corrected chi connectivity index (χ4v) is 2.88. The summed E-state index contributed by atoms with van der Waals surface area (Å²) >= 11 is 0. The number of alkyl carbamates (subject to hydrolysis) is 1. The summed E-state index contributed by atoms with van der Waals surface area (Å²) in [5.74, 6) is -3.15. The van der Waals surface area contributed by atoms with E-state index in [9.17, 15) is 22.8 Å². The third kappa shape index (κ3) is 5.94. The lowest BCUT2D eigenvalue weighted by Gasteiger charge is -2.37. The number of halogens is 3. The molecule has 2 rings (SSSR count). The monoisotopic (exact) mass is 398 g/mol. The maximum Gasteiger partial charge on any atom is 0.471 e. The molecule has 0 aromatic heterocycles. The first-order chi connectivity index (χ1) is 12.2. The molecule has 0 aromatic rings. The van der Waals surface area contributed by atoms with Crippen molar-refractivity contribution in [1.82, 2.24) is 10.6 Å². The molecule has 27 heavy (non-hydrogen) atoms. The first-order valence-corrected chi connectivity index (χ1v) is 8.50. The number of hydrogen-bond donors (Lipinski definition) is 2. The van der Waals surface area contributed by atoms with Crippen LogP contribution in [0, 0.1) is 0 Å². The SMILES string of the molecule is CC(C)(C)OC(=O)NC[C@H]1OC[C@H](NC(=O)C(F)(F)F)[C@H]2OC(C)(C)O[C@H]21. The minimum atomic E-state index is -5.01. The van der Waals surface area contributed by atoms with Crippen molar-refractivity contribution in [2.75, 3.05) is 13.2 Å². The second-order valence-corrected chi connectivity index (χ2v) is 7.90. The summed E-state index contributed by atoms with van der Waals surface area (Å²) in [5.41, 5.74) is -0.679. The molecule has 0 unspecified atom stereocenters.